The molecule has 0 radical (unpaired) electrons. The Labute approximate surface area is 136 Å². The van der Waals surface area contributed by atoms with Crippen LogP contribution in [0.3, 0.4) is 0 Å². The molecule has 0 N–H and O–H groups in total. The maximum Gasteiger partial charge on any atom is 0.170 e. The molecule has 20 heavy (non-hydrogen) atoms. The summed E-state index contributed by atoms with van der Waals surface area (Å²) in [5.74, 6) is -0.0798. The van der Waals surface area contributed by atoms with Crippen molar-refractivity contribution in [3.63, 3.8) is 0 Å². The molecule has 1 aromatic heterocycles. The Morgan fingerprint density at radius 3 is 2.70 bits per heavy atom. The number of rotatable bonds is 4. The van der Waals surface area contributed by atoms with Crippen LogP contribution in [0.5, 0.6) is 0 Å². The zero-order valence-corrected chi connectivity index (χ0v) is 14.2. The lowest BCUT2D eigenvalue weighted by atomic mass is 10.1. The maximum absolute atomic E-state index is 12.4. The molecule has 0 aliphatic rings. The van der Waals surface area contributed by atoms with Crippen LogP contribution in [0.15, 0.2) is 22.7 Å². The van der Waals surface area contributed by atoms with Gasteiger partial charge in [0.15, 0.2) is 5.78 Å². The Kier molecular flexibility index (Phi) is 4.89. The molecule has 0 aliphatic heterocycles. The van der Waals surface area contributed by atoms with Gasteiger partial charge in [-0.25, -0.2) is 0 Å². The van der Waals surface area contributed by atoms with Crippen molar-refractivity contribution in [3.05, 3.63) is 49.7 Å². The standard InChI is InChI=1S/C14H13BrCl2N2O/c1-3-10-13(15)11(19(2)18-10)7-12(20)8-5-4-6-9(16)14(8)17/h4-6H,3,7H2,1-2H3. The van der Waals surface area contributed by atoms with Crippen LogP contribution in [0.4, 0.5) is 0 Å². The molecule has 0 fully saturated rings. The molecule has 0 saturated carbocycles. The van der Waals surface area contributed by atoms with E-state index in [-0.39, 0.29) is 12.2 Å². The largest absolute Gasteiger partial charge is 0.294 e. The van der Waals surface area contributed by atoms with Crippen LogP contribution in [0, 0.1) is 0 Å². The summed E-state index contributed by atoms with van der Waals surface area (Å²) in [5, 5.41) is 5.06. The summed E-state index contributed by atoms with van der Waals surface area (Å²) in [7, 11) is 1.83. The highest BCUT2D eigenvalue weighted by Gasteiger charge is 2.19. The van der Waals surface area contributed by atoms with Crippen molar-refractivity contribution < 1.29 is 4.79 Å². The van der Waals surface area contributed by atoms with E-state index >= 15 is 0 Å². The lowest BCUT2D eigenvalue weighted by Gasteiger charge is -2.06. The van der Waals surface area contributed by atoms with E-state index in [1.807, 2.05) is 14.0 Å². The summed E-state index contributed by atoms with van der Waals surface area (Å²) in [5.41, 5.74) is 2.21. The Bertz CT molecular complexity index is 667. The molecule has 0 saturated heterocycles. The zero-order chi connectivity index (χ0) is 14.9. The van der Waals surface area contributed by atoms with E-state index in [9.17, 15) is 4.79 Å². The van der Waals surface area contributed by atoms with Gasteiger partial charge in [-0.1, -0.05) is 36.2 Å². The van der Waals surface area contributed by atoms with Gasteiger partial charge in [0.2, 0.25) is 0 Å². The molecule has 106 valence electrons. The van der Waals surface area contributed by atoms with Gasteiger partial charge in [0, 0.05) is 12.6 Å². The van der Waals surface area contributed by atoms with Gasteiger partial charge >= 0.3 is 0 Å². The molecule has 0 bridgehead atoms. The maximum atomic E-state index is 12.4. The number of benzene rings is 1. The van der Waals surface area contributed by atoms with E-state index in [4.69, 9.17) is 23.2 Å². The van der Waals surface area contributed by atoms with Crippen LogP contribution in [-0.4, -0.2) is 15.6 Å². The van der Waals surface area contributed by atoms with Gasteiger partial charge in [-0.15, -0.1) is 0 Å². The summed E-state index contributed by atoms with van der Waals surface area (Å²) < 4.78 is 2.60. The van der Waals surface area contributed by atoms with E-state index in [1.54, 1.807) is 22.9 Å². The van der Waals surface area contributed by atoms with E-state index in [2.05, 4.69) is 21.0 Å². The summed E-state index contributed by atoms with van der Waals surface area (Å²) >= 11 is 15.5. The van der Waals surface area contributed by atoms with Crippen molar-refractivity contribution in [3.8, 4) is 0 Å². The SMILES string of the molecule is CCc1nn(C)c(CC(=O)c2cccc(Cl)c2Cl)c1Br. The number of carbonyl (C=O) groups excluding carboxylic acids is 1. The Morgan fingerprint density at radius 2 is 2.10 bits per heavy atom. The summed E-state index contributed by atoms with van der Waals surface area (Å²) in [6.45, 7) is 2.02. The first-order chi connectivity index (χ1) is 9.45. The van der Waals surface area contributed by atoms with Gasteiger partial charge in [-0.3, -0.25) is 9.48 Å². The smallest absolute Gasteiger partial charge is 0.170 e. The molecule has 0 spiro atoms. The lowest BCUT2D eigenvalue weighted by Crippen LogP contribution is -2.09. The number of aromatic nitrogens is 2. The Hall–Kier alpha value is -0.840. The van der Waals surface area contributed by atoms with Crippen LogP contribution in [-0.2, 0) is 19.9 Å². The fourth-order valence-corrected chi connectivity index (χ4v) is 3.14. The molecule has 3 nitrogen and oxygen atoms in total. The molecule has 2 aromatic rings. The van der Waals surface area contributed by atoms with Crippen LogP contribution in [0.2, 0.25) is 10.0 Å². The second-order valence-electron chi connectivity index (χ2n) is 4.39. The van der Waals surface area contributed by atoms with E-state index < -0.39 is 0 Å². The number of ketones is 1. The molecule has 6 heteroatoms. The minimum Gasteiger partial charge on any atom is -0.294 e. The van der Waals surface area contributed by atoms with Crippen molar-refractivity contribution in [2.24, 2.45) is 7.05 Å². The summed E-state index contributed by atoms with van der Waals surface area (Å²) in [6, 6.07) is 5.06. The summed E-state index contributed by atoms with van der Waals surface area (Å²) in [4.78, 5) is 12.4. The zero-order valence-electron chi connectivity index (χ0n) is 11.1. The van der Waals surface area contributed by atoms with Gasteiger partial charge in [0.25, 0.3) is 0 Å². The quantitative estimate of drug-likeness (QED) is 0.738. The predicted octanol–water partition coefficient (Wildman–Crippen LogP) is 4.48. The minimum atomic E-state index is -0.0798. The average Bonchev–Trinajstić information content (AvgIpc) is 2.69. The topological polar surface area (TPSA) is 34.9 Å². The molecular weight excluding hydrogens is 363 g/mol. The fraction of sp³-hybridized carbons (Fsp3) is 0.286. The van der Waals surface area contributed by atoms with Crippen molar-refractivity contribution >= 4 is 44.9 Å². The first-order valence-electron chi connectivity index (χ1n) is 6.13. The van der Waals surface area contributed by atoms with Crippen molar-refractivity contribution in [2.45, 2.75) is 19.8 Å². The molecule has 0 aliphatic carbocycles. The number of aryl methyl sites for hydroxylation is 2. The fourth-order valence-electron chi connectivity index (χ4n) is 1.98. The third-order valence-electron chi connectivity index (χ3n) is 3.08. The van der Waals surface area contributed by atoms with Crippen LogP contribution in [0.1, 0.15) is 28.7 Å². The number of carbonyl (C=O) groups is 1. The molecule has 0 amide bonds. The molecular formula is C14H13BrCl2N2O. The van der Waals surface area contributed by atoms with Gasteiger partial charge in [-0.2, -0.15) is 5.10 Å². The molecule has 2 rings (SSSR count). The van der Waals surface area contributed by atoms with Gasteiger partial charge in [0.05, 0.1) is 32.3 Å². The first kappa shape index (κ1) is 15.5. The van der Waals surface area contributed by atoms with Gasteiger partial charge in [-0.05, 0) is 34.5 Å². The molecule has 0 atom stereocenters. The van der Waals surface area contributed by atoms with Crippen molar-refractivity contribution in [1.29, 1.82) is 0 Å². The highest BCUT2D eigenvalue weighted by atomic mass is 79.9. The van der Waals surface area contributed by atoms with Crippen LogP contribution in [0.25, 0.3) is 0 Å². The second kappa shape index (κ2) is 6.29. The predicted molar refractivity (Wildman–Crippen MR) is 84.8 cm³/mol. The number of hydrogen-bond acceptors (Lipinski definition) is 2. The number of hydrogen-bond donors (Lipinski definition) is 0. The van der Waals surface area contributed by atoms with E-state index in [1.165, 1.54) is 0 Å². The van der Waals surface area contributed by atoms with Crippen molar-refractivity contribution in [2.75, 3.05) is 0 Å². The van der Waals surface area contributed by atoms with Crippen LogP contribution >= 0.6 is 39.1 Å². The number of nitrogens with zero attached hydrogens (tertiary/aromatic N) is 2. The average molecular weight is 376 g/mol. The van der Waals surface area contributed by atoms with E-state index in [0.717, 1.165) is 22.3 Å². The molecule has 1 heterocycles. The third-order valence-corrected chi connectivity index (χ3v) is 4.82. The van der Waals surface area contributed by atoms with Gasteiger partial charge < -0.3 is 0 Å². The van der Waals surface area contributed by atoms with Crippen molar-refractivity contribution in [1.82, 2.24) is 9.78 Å². The third kappa shape index (κ3) is 2.92. The molecule has 0 unspecified atom stereocenters. The summed E-state index contributed by atoms with van der Waals surface area (Å²) in [6.07, 6.45) is 1.03. The minimum absolute atomic E-state index is 0.0798. The highest BCUT2D eigenvalue weighted by molar-refractivity contribution is 9.10. The Balaban J connectivity index is 2.33. The van der Waals surface area contributed by atoms with E-state index in [0.29, 0.717) is 15.6 Å². The normalized spacial score (nSPS) is 10.8. The number of Topliss-reactive ketones (excluding diaryl/α,β-unsaturated/α-hetero) is 1. The number of halogens is 3. The molecule has 1 aromatic carbocycles. The lowest BCUT2D eigenvalue weighted by molar-refractivity contribution is 0.0990. The second-order valence-corrected chi connectivity index (χ2v) is 5.96. The van der Waals surface area contributed by atoms with Gasteiger partial charge in [0.1, 0.15) is 0 Å². The van der Waals surface area contributed by atoms with Crippen LogP contribution < -0.4 is 0 Å². The monoisotopic (exact) mass is 374 g/mol. The Morgan fingerprint density at radius 1 is 1.40 bits per heavy atom. The first-order valence-corrected chi connectivity index (χ1v) is 7.68. The highest BCUT2D eigenvalue weighted by Crippen LogP contribution is 2.28.